The van der Waals surface area contributed by atoms with E-state index in [1.165, 1.54) is 0 Å². The van der Waals surface area contributed by atoms with Crippen LogP contribution in [0.25, 0.3) is 0 Å². The van der Waals surface area contributed by atoms with Gasteiger partial charge in [0.2, 0.25) is 10.0 Å². The van der Waals surface area contributed by atoms with E-state index in [1.807, 2.05) is 34.9 Å². The predicted octanol–water partition coefficient (Wildman–Crippen LogP) is 1.76. The number of sulfonamides is 1. The van der Waals surface area contributed by atoms with Gasteiger partial charge in [0.1, 0.15) is 0 Å². The van der Waals surface area contributed by atoms with Gasteiger partial charge in [-0.15, -0.1) is 0 Å². The summed E-state index contributed by atoms with van der Waals surface area (Å²) in [6.07, 6.45) is 3.89. The van der Waals surface area contributed by atoms with Crippen molar-refractivity contribution in [3.63, 3.8) is 0 Å². The van der Waals surface area contributed by atoms with E-state index in [0.29, 0.717) is 17.5 Å². The highest BCUT2D eigenvalue weighted by Crippen LogP contribution is 2.37. The standard InChI is InChI=1S/C15H19N3O2S/c16-9-14-8-15(11-18(14)13-6-7-13)21(19,20)17-10-12-4-2-1-3-5-12/h1-5,8,11,13,17H,6-7,9-10,16H2. The van der Waals surface area contributed by atoms with Gasteiger partial charge >= 0.3 is 0 Å². The Kier molecular flexibility index (Phi) is 3.84. The molecule has 1 saturated carbocycles. The monoisotopic (exact) mass is 305 g/mol. The van der Waals surface area contributed by atoms with Crippen molar-refractivity contribution in [1.29, 1.82) is 0 Å². The average molecular weight is 305 g/mol. The van der Waals surface area contributed by atoms with Crippen LogP contribution in [-0.4, -0.2) is 13.0 Å². The van der Waals surface area contributed by atoms with E-state index in [0.717, 1.165) is 24.1 Å². The topological polar surface area (TPSA) is 77.1 Å². The summed E-state index contributed by atoms with van der Waals surface area (Å²) in [5.41, 5.74) is 7.51. The molecule has 0 spiro atoms. The maximum Gasteiger partial charge on any atom is 0.242 e. The van der Waals surface area contributed by atoms with Gasteiger partial charge < -0.3 is 10.3 Å². The second-order valence-electron chi connectivity index (χ2n) is 5.32. The van der Waals surface area contributed by atoms with Crippen LogP contribution in [0, 0.1) is 0 Å². The highest BCUT2D eigenvalue weighted by atomic mass is 32.2. The van der Waals surface area contributed by atoms with Crippen molar-refractivity contribution in [2.45, 2.75) is 36.9 Å². The minimum atomic E-state index is -3.50. The lowest BCUT2D eigenvalue weighted by Crippen LogP contribution is -2.22. The number of nitrogens with two attached hydrogens (primary N) is 1. The first-order chi connectivity index (χ1) is 10.1. The summed E-state index contributed by atoms with van der Waals surface area (Å²) in [7, 11) is -3.50. The second-order valence-corrected chi connectivity index (χ2v) is 7.09. The van der Waals surface area contributed by atoms with Crippen molar-refractivity contribution in [2.75, 3.05) is 0 Å². The fourth-order valence-corrected chi connectivity index (χ4v) is 3.42. The molecule has 3 N–H and O–H groups in total. The molecule has 1 aliphatic rings. The smallest absolute Gasteiger partial charge is 0.242 e. The van der Waals surface area contributed by atoms with E-state index < -0.39 is 10.0 Å². The highest BCUT2D eigenvalue weighted by molar-refractivity contribution is 7.89. The molecule has 0 bridgehead atoms. The van der Waals surface area contributed by atoms with Gasteiger partial charge in [0, 0.05) is 31.0 Å². The van der Waals surface area contributed by atoms with E-state index in [-0.39, 0.29) is 6.54 Å². The van der Waals surface area contributed by atoms with Gasteiger partial charge in [0.05, 0.1) is 4.90 Å². The molecule has 2 aromatic rings. The number of aromatic nitrogens is 1. The fourth-order valence-electron chi connectivity index (χ4n) is 2.36. The Bertz CT molecular complexity index is 719. The van der Waals surface area contributed by atoms with Crippen molar-refractivity contribution in [1.82, 2.24) is 9.29 Å². The van der Waals surface area contributed by atoms with Crippen LogP contribution < -0.4 is 10.5 Å². The van der Waals surface area contributed by atoms with Crippen molar-refractivity contribution in [3.05, 3.63) is 53.9 Å². The molecule has 0 unspecified atom stereocenters. The number of nitrogens with one attached hydrogen (secondary N) is 1. The molecule has 0 amide bonds. The van der Waals surface area contributed by atoms with Gasteiger partial charge in [0.15, 0.2) is 0 Å². The zero-order valence-electron chi connectivity index (χ0n) is 11.7. The molecule has 0 saturated heterocycles. The van der Waals surface area contributed by atoms with Crippen molar-refractivity contribution < 1.29 is 8.42 Å². The molecular formula is C15H19N3O2S. The Labute approximate surface area is 124 Å². The summed E-state index contributed by atoms with van der Waals surface area (Å²) in [5.74, 6) is 0. The van der Waals surface area contributed by atoms with Crippen LogP contribution in [0.3, 0.4) is 0 Å². The van der Waals surface area contributed by atoms with Crippen LogP contribution in [0.15, 0.2) is 47.5 Å². The molecule has 1 fully saturated rings. The second kappa shape index (κ2) is 5.63. The summed E-state index contributed by atoms with van der Waals surface area (Å²) >= 11 is 0. The van der Waals surface area contributed by atoms with Crippen LogP contribution in [0.5, 0.6) is 0 Å². The summed E-state index contributed by atoms with van der Waals surface area (Å²) in [5, 5.41) is 0. The van der Waals surface area contributed by atoms with Gasteiger partial charge in [-0.1, -0.05) is 30.3 Å². The summed E-state index contributed by atoms with van der Waals surface area (Å²) < 4.78 is 29.4. The molecule has 1 aromatic carbocycles. The number of hydrogen-bond acceptors (Lipinski definition) is 3. The number of benzene rings is 1. The molecule has 21 heavy (non-hydrogen) atoms. The normalized spacial score (nSPS) is 15.3. The quantitative estimate of drug-likeness (QED) is 0.853. The molecular weight excluding hydrogens is 286 g/mol. The zero-order chi connectivity index (χ0) is 14.9. The molecule has 112 valence electrons. The SMILES string of the molecule is NCc1cc(S(=O)(=O)NCc2ccccc2)cn1C1CC1. The van der Waals surface area contributed by atoms with Gasteiger partial charge in [0.25, 0.3) is 0 Å². The summed E-state index contributed by atoms with van der Waals surface area (Å²) in [6.45, 7) is 0.639. The van der Waals surface area contributed by atoms with Crippen LogP contribution in [0.4, 0.5) is 0 Å². The molecule has 1 aliphatic carbocycles. The van der Waals surface area contributed by atoms with Gasteiger partial charge in [-0.05, 0) is 24.5 Å². The average Bonchev–Trinajstić information content (AvgIpc) is 3.24. The Morgan fingerprint density at radius 1 is 1.24 bits per heavy atom. The lowest BCUT2D eigenvalue weighted by molar-refractivity contribution is 0.580. The molecule has 5 nitrogen and oxygen atoms in total. The highest BCUT2D eigenvalue weighted by Gasteiger charge is 2.27. The van der Waals surface area contributed by atoms with E-state index >= 15 is 0 Å². The van der Waals surface area contributed by atoms with E-state index in [1.54, 1.807) is 12.3 Å². The lowest BCUT2D eigenvalue weighted by atomic mass is 10.2. The first kappa shape index (κ1) is 14.3. The number of hydrogen-bond donors (Lipinski definition) is 2. The van der Waals surface area contributed by atoms with Crippen LogP contribution in [-0.2, 0) is 23.1 Å². The number of rotatable bonds is 6. The Morgan fingerprint density at radius 3 is 2.57 bits per heavy atom. The maximum absolute atomic E-state index is 12.4. The Morgan fingerprint density at radius 2 is 1.95 bits per heavy atom. The van der Waals surface area contributed by atoms with E-state index in [4.69, 9.17) is 5.73 Å². The molecule has 6 heteroatoms. The first-order valence-corrected chi connectivity index (χ1v) is 8.53. The van der Waals surface area contributed by atoms with Gasteiger partial charge in [-0.25, -0.2) is 13.1 Å². The van der Waals surface area contributed by atoms with Crippen LogP contribution in [0.2, 0.25) is 0 Å². The molecule has 0 atom stereocenters. The van der Waals surface area contributed by atoms with Gasteiger partial charge in [-0.2, -0.15) is 0 Å². The third-order valence-electron chi connectivity index (χ3n) is 3.68. The predicted molar refractivity (Wildman–Crippen MR) is 81.1 cm³/mol. The maximum atomic E-state index is 12.4. The van der Waals surface area contributed by atoms with Crippen LogP contribution >= 0.6 is 0 Å². The Hall–Kier alpha value is -1.63. The minimum Gasteiger partial charge on any atom is -0.346 e. The van der Waals surface area contributed by atoms with Crippen molar-refractivity contribution in [3.8, 4) is 0 Å². The summed E-state index contributed by atoms with van der Waals surface area (Å²) in [4.78, 5) is 0.297. The van der Waals surface area contributed by atoms with E-state index in [9.17, 15) is 8.42 Å². The zero-order valence-corrected chi connectivity index (χ0v) is 12.5. The molecule has 1 aromatic heterocycles. The third-order valence-corrected chi connectivity index (χ3v) is 5.04. The van der Waals surface area contributed by atoms with Crippen LogP contribution in [0.1, 0.15) is 30.1 Å². The van der Waals surface area contributed by atoms with Gasteiger partial charge in [-0.3, -0.25) is 0 Å². The Balaban J connectivity index is 1.78. The fraction of sp³-hybridized carbons (Fsp3) is 0.333. The summed E-state index contributed by atoms with van der Waals surface area (Å²) in [6, 6.07) is 11.6. The third kappa shape index (κ3) is 3.18. The first-order valence-electron chi connectivity index (χ1n) is 7.04. The molecule has 0 aliphatic heterocycles. The minimum absolute atomic E-state index is 0.287. The van der Waals surface area contributed by atoms with Crippen molar-refractivity contribution >= 4 is 10.0 Å². The lowest BCUT2D eigenvalue weighted by Gasteiger charge is -2.05. The van der Waals surface area contributed by atoms with Crippen molar-refractivity contribution in [2.24, 2.45) is 5.73 Å². The molecule has 0 radical (unpaired) electrons. The van der Waals surface area contributed by atoms with E-state index in [2.05, 4.69) is 4.72 Å². The number of nitrogens with zero attached hydrogens (tertiary/aromatic N) is 1. The molecule has 3 rings (SSSR count). The molecule has 1 heterocycles. The largest absolute Gasteiger partial charge is 0.346 e.